The van der Waals surface area contributed by atoms with Crippen LogP contribution in [0.3, 0.4) is 0 Å². The molecule has 1 amide bonds. The van der Waals surface area contributed by atoms with E-state index in [9.17, 15) is 14.0 Å². The van der Waals surface area contributed by atoms with Crippen LogP contribution in [0.2, 0.25) is 0 Å². The Bertz CT molecular complexity index is 1610. The lowest BCUT2D eigenvalue weighted by Gasteiger charge is -2.10. The monoisotopic (exact) mass is 509 g/mol. The van der Waals surface area contributed by atoms with Gasteiger partial charge in [-0.3, -0.25) is 9.59 Å². The number of anilines is 2. The van der Waals surface area contributed by atoms with Crippen molar-refractivity contribution in [3.63, 3.8) is 0 Å². The van der Waals surface area contributed by atoms with Crippen LogP contribution in [0.4, 0.5) is 21.8 Å². The van der Waals surface area contributed by atoms with Crippen LogP contribution in [0.15, 0.2) is 94.0 Å². The lowest BCUT2D eigenvalue weighted by molar-refractivity contribution is -0.116. The number of carbonyl (C=O) groups excluding carboxylic acids is 2. The standard InChI is InChI=1S/C27H20FN7O3/c1-29-22(36)14-17-9-6-12-21(23(17)37)32-27-30-15-20(28)24(33-27)31-19-11-5-10-18(13-19)26-35-34-25(38-26)16-7-3-2-4-8-16/h2-8,10-15H,9H2,1H3,(H,29,36)(H,30,31,33). The van der Waals surface area contributed by atoms with E-state index < -0.39 is 17.5 Å². The zero-order chi connectivity index (χ0) is 26.5. The van der Waals surface area contributed by atoms with Crippen molar-refractivity contribution in [3.05, 3.63) is 90.4 Å². The minimum atomic E-state index is -0.714. The molecule has 0 atom stereocenters. The number of rotatable bonds is 6. The number of benzene rings is 2. The molecule has 1 aliphatic rings. The van der Waals surface area contributed by atoms with Crippen molar-refractivity contribution in [1.29, 1.82) is 0 Å². The summed E-state index contributed by atoms with van der Waals surface area (Å²) in [6.07, 6.45) is 5.69. The summed E-state index contributed by atoms with van der Waals surface area (Å²) in [6, 6.07) is 16.3. The van der Waals surface area contributed by atoms with Crippen LogP contribution in [0, 0.1) is 5.82 Å². The Morgan fingerprint density at radius 1 is 1.08 bits per heavy atom. The van der Waals surface area contributed by atoms with E-state index in [0.29, 0.717) is 29.5 Å². The molecule has 11 heteroatoms. The Morgan fingerprint density at radius 3 is 2.63 bits per heavy atom. The van der Waals surface area contributed by atoms with Gasteiger partial charge in [0, 0.05) is 35.5 Å². The number of hydrogen-bond donors (Lipinski definition) is 2. The highest BCUT2D eigenvalue weighted by Gasteiger charge is 2.20. The van der Waals surface area contributed by atoms with Gasteiger partial charge in [0.05, 0.1) is 6.20 Å². The van der Waals surface area contributed by atoms with Gasteiger partial charge < -0.3 is 15.1 Å². The highest BCUT2D eigenvalue weighted by molar-refractivity contribution is 6.51. The number of nitrogens with one attached hydrogen (secondary N) is 2. The Morgan fingerprint density at radius 2 is 1.84 bits per heavy atom. The van der Waals surface area contributed by atoms with Gasteiger partial charge in [0.2, 0.25) is 23.5 Å². The van der Waals surface area contributed by atoms with Crippen LogP contribution < -0.4 is 10.6 Å². The number of allylic oxidation sites excluding steroid dienone is 3. The smallest absolute Gasteiger partial charge is 0.252 e. The molecule has 2 N–H and O–H groups in total. The predicted octanol–water partition coefficient (Wildman–Crippen LogP) is 4.35. The van der Waals surface area contributed by atoms with Crippen LogP contribution in [0.25, 0.3) is 22.9 Å². The van der Waals surface area contributed by atoms with E-state index >= 15 is 0 Å². The molecule has 38 heavy (non-hydrogen) atoms. The summed E-state index contributed by atoms with van der Waals surface area (Å²) in [5.74, 6) is -1.12. The van der Waals surface area contributed by atoms with Crippen molar-refractivity contribution >= 4 is 34.9 Å². The molecule has 188 valence electrons. The van der Waals surface area contributed by atoms with E-state index in [2.05, 4.69) is 35.8 Å². The van der Waals surface area contributed by atoms with Crippen molar-refractivity contribution in [1.82, 2.24) is 25.5 Å². The van der Waals surface area contributed by atoms with Gasteiger partial charge in [0.25, 0.3) is 5.95 Å². The average molecular weight is 510 g/mol. The second kappa shape index (κ2) is 10.7. The zero-order valence-corrected chi connectivity index (χ0v) is 20.1. The van der Waals surface area contributed by atoms with Gasteiger partial charge in [0.15, 0.2) is 11.6 Å². The quantitative estimate of drug-likeness (QED) is 0.366. The van der Waals surface area contributed by atoms with E-state index in [1.54, 1.807) is 30.3 Å². The van der Waals surface area contributed by atoms with Gasteiger partial charge in [-0.2, -0.15) is 4.98 Å². The maximum absolute atomic E-state index is 14.6. The number of aromatic nitrogens is 4. The van der Waals surface area contributed by atoms with Crippen LogP contribution in [-0.2, 0) is 9.59 Å². The number of amides is 1. The van der Waals surface area contributed by atoms with Crippen molar-refractivity contribution < 1.29 is 18.4 Å². The molecule has 10 nitrogen and oxygen atoms in total. The third-order valence-corrected chi connectivity index (χ3v) is 5.46. The van der Waals surface area contributed by atoms with E-state index in [4.69, 9.17) is 4.42 Å². The highest BCUT2D eigenvalue weighted by Crippen LogP contribution is 2.27. The number of aliphatic imine (C=N–C) groups is 1. The molecule has 0 saturated heterocycles. The largest absolute Gasteiger partial charge is 0.416 e. The molecule has 0 bridgehead atoms. The molecule has 1 aliphatic carbocycles. The molecule has 2 aromatic carbocycles. The molecular formula is C27H20FN7O3. The lowest BCUT2D eigenvalue weighted by Crippen LogP contribution is -2.22. The molecule has 4 aromatic rings. The maximum atomic E-state index is 14.6. The van der Waals surface area contributed by atoms with Gasteiger partial charge in [-0.25, -0.2) is 14.4 Å². The van der Waals surface area contributed by atoms with Gasteiger partial charge >= 0.3 is 0 Å². The Balaban J connectivity index is 1.38. The molecule has 2 heterocycles. The van der Waals surface area contributed by atoms with Gasteiger partial charge in [0.1, 0.15) is 5.71 Å². The number of halogens is 1. The number of hydrogen-bond acceptors (Lipinski definition) is 9. The minimum Gasteiger partial charge on any atom is -0.416 e. The summed E-state index contributed by atoms with van der Waals surface area (Å²) in [5, 5.41) is 13.5. The number of ketones is 1. The first kappa shape index (κ1) is 24.4. The molecule has 5 rings (SSSR count). The molecule has 0 fully saturated rings. The van der Waals surface area contributed by atoms with Gasteiger partial charge in [-0.15, -0.1) is 10.2 Å². The highest BCUT2D eigenvalue weighted by atomic mass is 19.1. The van der Waals surface area contributed by atoms with Crippen molar-refractivity contribution in [3.8, 4) is 22.9 Å². The number of likely N-dealkylation sites (N-methyl/N-ethyl adjacent to an activating group) is 1. The van der Waals surface area contributed by atoms with Crippen molar-refractivity contribution in [2.24, 2.45) is 4.99 Å². The topological polar surface area (TPSA) is 135 Å². The van der Waals surface area contributed by atoms with E-state index in [1.807, 2.05) is 30.3 Å². The van der Waals surface area contributed by atoms with Crippen LogP contribution in [-0.4, -0.2) is 44.6 Å². The van der Waals surface area contributed by atoms with Gasteiger partial charge in [-0.1, -0.05) is 30.3 Å². The fraction of sp³-hybridized carbons (Fsp3) is 0.0741. The Labute approximate surface area is 216 Å². The summed E-state index contributed by atoms with van der Waals surface area (Å²) in [5.41, 5.74) is 2.23. The zero-order valence-electron chi connectivity index (χ0n) is 20.1. The summed E-state index contributed by atoms with van der Waals surface area (Å²) < 4.78 is 20.4. The summed E-state index contributed by atoms with van der Waals surface area (Å²) in [6.45, 7) is 0. The van der Waals surface area contributed by atoms with E-state index in [-0.39, 0.29) is 23.1 Å². The van der Waals surface area contributed by atoms with Crippen LogP contribution >= 0.6 is 0 Å². The number of nitrogens with zero attached hydrogens (tertiary/aromatic N) is 5. The lowest BCUT2D eigenvalue weighted by atomic mass is 9.97. The predicted molar refractivity (Wildman–Crippen MR) is 138 cm³/mol. The number of carbonyl (C=O) groups is 2. The van der Waals surface area contributed by atoms with Crippen molar-refractivity contribution in [2.45, 2.75) is 6.42 Å². The fourth-order valence-electron chi connectivity index (χ4n) is 3.58. The molecular weight excluding hydrogens is 489 g/mol. The molecule has 0 spiro atoms. The first-order chi connectivity index (χ1) is 18.5. The molecule has 0 saturated carbocycles. The number of Topliss-reactive ketones (excluding diaryl/α,β-unsaturated/α-hetero) is 1. The Hall–Kier alpha value is -5.32. The summed E-state index contributed by atoms with van der Waals surface area (Å²) in [7, 11) is 1.47. The second-order valence-electron chi connectivity index (χ2n) is 8.07. The molecule has 0 unspecified atom stereocenters. The molecule has 0 aliphatic heterocycles. The summed E-state index contributed by atoms with van der Waals surface area (Å²) in [4.78, 5) is 36.5. The Kier molecular flexibility index (Phi) is 6.89. The third kappa shape index (κ3) is 5.41. The van der Waals surface area contributed by atoms with Crippen LogP contribution in [0.1, 0.15) is 6.42 Å². The molecule has 0 radical (unpaired) electrons. The summed E-state index contributed by atoms with van der Waals surface area (Å²) >= 11 is 0. The molecule has 2 aromatic heterocycles. The minimum absolute atomic E-state index is 0.0385. The van der Waals surface area contributed by atoms with E-state index in [0.717, 1.165) is 11.8 Å². The normalized spacial score (nSPS) is 15.2. The van der Waals surface area contributed by atoms with Gasteiger partial charge in [-0.05, 0) is 42.8 Å². The third-order valence-electron chi connectivity index (χ3n) is 5.46. The average Bonchev–Trinajstić information content (AvgIpc) is 3.44. The second-order valence-corrected chi connectivity index (χ2v) is 8.07. The van der Waals surface area contributed by atoms with Crippen molar-refractivity contribution in [2.75, 3.05) is 12.4 Å². The van der Waals surface area contributed by atoms with E-state index in [1.165, 1.54) is 19.2 Å². The maximum Gasteiger partial charge on any atom is 0.252 e. The van der Waals surface area contributed by atoms with Crippen LogP contribution in [0.5, 0.6) is 0 Å². The first-order valence-corrected chi connectivity index (χ1v) is 11.5. The SMILES string of the molecule is CNC(=O)C=C1CC=CC(=Nc2ncc(F)c(Nc3cccc(-c4nnc(-c5ccccc5)o4)c3)n2)C1=O. The first-order valence-electron chi connectivity index (χ1n) is 11.5. The fourth-order valence-corrected chi connectivity index (χ4v) is 3.58.